The van der Waals surface area contributed by atoms with Crippen LogP contribution in [0, 0.1) is 0 Å². The monoisotopic (exact) mass is 321 g/mol. The Labute approximate surface area is 142 Å². The Hall–Kier alpha value is -2.27. The van der Waals surface area contributed by atoms with Crippen LogP contribution in [-0.4, -0.2) is 31.4 Å². The van der Waals surface area contributed by atoms with Crippen LogP contribution in [0.5, 0.6) is 0 Å². The maximum Gasteiger partial charge on any atom is 0.137 e. The Balaban J connectivity index is 1.54. The Morgan fingerprint density at radius 1 is 1.25 bits per heavy atom. The van der Waals surface area contributed by atoms with Crippen LogP contribution in [0.3, 0.4) is 0 Å². The number of nitrogens with one attached hydrogen (secondary N) is 1. The minimum atomic E-state index is 0.00318. The van der Waals surface area contributed by atoms with Gasteiger partial charge in [-0.15, -0.1) is 0 Å². The summed E-state index contributed by atoms with van der Waals surface area (Å²) in [5, 5.41) is 1.21. The third kappa shape index (κ3) is 2.80. The van der Waals surface area contributed by atoms with Crippen molar-refractivity contribution in [2.75, 3.05) is 6.54 Å². The van der Waals surface area contributed by atoms with Gasteiger partial charge in [-0.2, -0.15) is 0 Å². The Morgan fingerprint density at radius 3 is 2.96 bits per heavy atom. The lowest BCUT2D eigenvalue weighted by Gasteiger charge is -2.29. The summed E-state index contributed by atoms with van der Waals surface area (Å²) in [4.78, 5) is 19.5. The van der Waals surface area contributed by atoms with E-state index in [-0.39, 0.29) is 5.41 Å². The van der Waals surface area contributed by atoms with E-state index in [1.807, 2.05) is 18.5 Å². The predicted molar refractivity (Wildman–Crippen MR) is 94.6 cm³/mol. The van der Waals surface area contributed by atoms with Crippen LogP contribution in [0.2, 0.25) is 0 Å². The number of rotatable bonds is 2. The standard InChI is InChI=1S/C19H23N5/c1-19(2,3)18-22-10-14-12-24(8-6-16(14)23-18)11-13-9-21-17-15(13)5-4-7-20-17/h4-5,7,9-10H,6,8,11-12H2,1-3H3,(H,20,21). The third-order valence-corrected chi connectivity index (χ3v) is 4.61. The molecule has 0 fully saturated rings. The average Bonchev–Trinajstić information content (AvgIpc) is 2.97. The number of aromatic nitrogens is 4. The maximum atomic E-state index is 4.81. The molecular weight excluding hydrogens is 298 g/mol. The molecular formula is C19H23N5. The summed E-state index contributed by atoms with van der Waals surface area (Å²) in [7, 11) is 0. The molecule has 0 amide bonds. The van der Waals surface area contributed by atoms with Gasteiger partial charge in [-0.3, -0.25) is 4.90 Å². The molecule has 24 heavy (non-hydrogen) atoms. The van der Waals surface area contributed by atoms with Crippen molar-refractivity contribution in [2.24, 2.45) is 0 Å². The van der Waals surface area contributed by atoms with Gasteiger partial charge < -0.3 is 4.98 Å². The molecule has 5 nitrogen and oxygen atoms in total. The highest BCUT2D eigenvalue weighted by atomic mass is 15.1. The highest BCUT2D eigenvalue weighted by Crippen LogP contribution is 2.24. The highest BCUT2D eigenvalue weighted by Gasteiger charge is 2.23. The fourth-order valence-electron chi connectivity index (χ4n) is 3.26. The van der Waals surface area contributed by atoms with E-state index >= 15 is 0 Å². The number of aromatic amines is 1. The molecule has 0 saturated carbocycles. The molecule has 3 aromatic heterocycles. The summed E-state index contributed by atoms with van der Waals surface area (Å²) < 4.78 is 0. The zero-order valence-corrected chi connectivity index (χ0v) is 14.5. The summed E-state index contributed by atoms with van der Waals surface area (Å²) in [6.07, 6.45) is 6.91. The molecule has 0 aliphatic carbocycles. The lowest BCUT2D eigenvalue weighted by atomic mass is 9.95. The molecule has 0 saturated heterocycles. The van der Waals surface area contributed by atoms with Crippen molar-refractivity contribution in [1.29, 1.82) is 0 Å². The van der Waals surface area contributed by atoms with E-state index in [0.29, 0.717) is 0 Å². The first-order valence-corrected chi connectivity index (χ1v) is 8.49. The van der Waals surface area contributed by atoms with Crippen molar-refractivity contribution in [3.8, 4) is 0 Å². The number of hydrogen-bond donors (Lipinski definition) is 1. The lowest BCUT2D eigenvalue weighted by Crippen LogP contribution is -2.31. The van der Waals surface area contributed by atoms with E-state index in [0.717, 1.165) is 37.5 Å². The van der Waals surface area contributed by atoms with Crippen molar-refractivity contribution in [1.82, 2.24) is 24.8 Å². The first-order chi connectivity index (χ1) is 11.5. The Morgan fingerprint density at radius 2 is 2.12 bits per heavy atom. The molecule has 5 heteroatoms. The molecule has 0 aromatic carbocycles. The minimum absolute atomic E-state index is 0.00318. The van der Waals surface area contributed by atoms with E-state index in [1.165, 1.54) is 22.2 Å². The van der Waals surface area contributed by atoms with Crippen molar-refractivity contribution in [2.45, 2.75) is 45.7 Å². The molecule has 1 aliphatic heterocycles. The van der Waals surface area contributed by atoms with Crippen molar-refractivity contribution in [3.63, 3.8) is 0 Å². The van der Waals surface area contributed by atoms with Crippen molar-refractivity contribution in [3.05, 3.63) is 53.4 Å². The van der Waals surface area contributed by atoms with Crippen molar-refractivity contribution >= 4 is 11.0 Å². The predicted octanol–water partition coefficient (Wildman–Crippen LogP) is 3.21. The number of pyridine rings is 1. The van der Waals surface area contributed by atoms with Gasteiger partial charge >= 0.3 is 0 Å². The van der Waals surface area contributed by atoms with Crippen LogP contribution in [0.4, 0.5) is 0 Å². The van der Waals surface area contributed by atoms with Gasteiger partial charge in [0.2, 0.25) is 0 Å². The minimum Gasteiger partial charge on any atom is -0.346 e. The topological polar surface area (TPSA) is 57.7 Å². The summed E-state index contributed by atoms with van der Waals surface area (Å²) in [6, 6.07) is 4.12. The summed E-state index contributed by atoms with van der Waals surface area (Å²) in [6.45, 7) is 9.35. The molecule has 0 spiro atoms. The highest BCUT2D eigenvalue weighted by molar-refractivity contribution is 5.79. The first kappa shape index (κ1) is 15.3. The van der Waals surface area contributed by atoms with E-state index in [1.54, 1.807) is 0 Å². The van der Waals surface area contributed by atoms with Gasteiger partial charge in [-0.05, 0) is 17.7 Å². The fourth-order valence-corrected chi connectivity index (χ4v) is 3.26. The SMILES string of the molecule is CC(C)(C)c1ncc2c(n1)CCN(Cc1c[nH]c3ncccc13)C2. The van der Waals surface area contributed by atoms with Gasteiger partial charge in [0.1, 0.15) is 11.5 Å². The zero-order chi connectivity index (χ0) is 16.7. The summed E-state index contributed by atoms with van der Waals surface area (Å²) in [5.41, 5.74) is 4.74. The first-order valence-electron chi connectivity index (χ1n) is 8.49. The van der Waals surface area contributed by atoms with Crippen LogP contribution in [-0.2, 0) is 24.9 Å². The van der Waals surface area contributed by atoms with Crippen LogP contribution in [0.15, 0.2) is 30.7 Å². The second-order valence-corrected chi connectivity index (χ2v) is 7.59. The van der Waals surface area contributed by atoms with Gasteiger partial charge in [0, 0.05) is 66.7 Å². The molecule has 0 unspecified atom stereocenters. The molecule has 1 aliphatic rings. The second kappa shape index (κ2) is 5.67. The summed E-state index contributed by atoms with van der Waals surface area (Å²) >= 11 is 0. The fraction of sp³-hybridized carbons (Fsp3) is 0.421. The average molecular weight is 321 g/mol. The van der Waals surface area contributed by atoms with Crippen LogP contribution < -0.4 is 0 Å². The molecule has 0 atom stereocenters. The van der Waals surface area contributed by atoms with Crippen molar-refractivity contribution < 1.29 is 0 Å². The molecule has 4 heterocycles. The van der Waals surface area contributed by atoms with Gasteiger partial charge in [-0.1, -0.05) is 20.8 Å². The quantitative estimate of drug-likeness (QED) is 0.787. The Bertz CT molecular complexity index is 875. The number of fused-ring (bicyclic) bond motifs is 2. The maximum absolute atomic E-state index is 4.81. The van der Waals surface area contributed by atoms with Crippen LogP contribution in [0.25, 0.3) is 11.0 Å². The third-order valence-electron chi connectivity index (χ3n) is 4.61. The second-order valence-electron chi connectivity index (χ2n) is 7.59. The molecule has 124 valence electrons. The zero-order valence-electron chi connectivity index (χ0n) is 14.5. The number of hydrogen-bond acceptors (Lipinski definition) is 4. The normalized spacial score (nSPS) is 15.6. The van der Waals surface area contributed by atoms with Gasteiger partial charge in [-0.25, -0.2) is 15.0 Å². The molecule has 3 aromatic rings. The van der Waals surface area contributed by atoms with Gasteiger partial charge in [0.05, 0.1) is 0 Å². The molecule has 4 rings (SSSR count). The summed E-state index contributed by atoms with van der Waals surface area (Å²) in [5.74, 6) is 0.942. The molecule has 0 bridgehead atoms. The van der Waals surface area contributed by atoms with Gasteiger partial charge in [0.15, 0.2) is 0 Å². The van der Waals surface area contributed by atoms with Crippen LogP contribution in [0.1, 0.15) is 43.4 Å². The molecule has 1 N–H and O–H groups in total. The van der Waals surface area contributed by atoms with Crippen LogP contribution >= 0.6 is 0 Å². The molecule has 0 radical (unpaired) electrons. The smallest absolute Gasteiger partial charge is 0.137 e. The lowest BCUT2D eigenvalue weighted by molar-refractivity contribution is 0.243. The largest absolute Gasteiger partial charge is 0.346 e. The van der Waals surface area contributed by atoms with E-state index in [4.69, 9.17) is 4.98 Å². The number of nitrogens with zero attached hydrogens (tertiary/aromatic N) is 4. The van der Waals surface area contributed by atoms with E-state index in [2.05, 4.69) is 52.9 Å². The van der Waals surface area contributed by atoms with E-state index in [9.17, 15) is 0 Å². The van der Waals surface area contributed by atoms with E-state index < -0.39 is 0 Å². The Kier molecular flexibility index (Phi) is 3.61. The number of H-pyrrole nitrogens is 1. The van der Waals surface area contributed by atoms with Gasteiger partial charge in [0.25, 0.3) is 0 Å².